The van der Waals surface area contributed by atoms with Gasteiger partial charge >= 0.3 is 0 Å². The van der Waals surface area contributed by atoms with Gasteiger partial charge in [0, 0.05) is 12.7 Å². The SMILES string of the molecule is CCCCCCCCCCCCn1cc(CCCCCCN)nn1. The van der Waals surface area contributed by atoms with Gasteiger partial charge in [0.25, 0.3) is 0 Å². The number of aryl methyl sites for hydroxylation is 2. The predicted octanol–water partition coefficient (Wildman–Crippen LogP) is 5.26. The van der Waals surface area contributed by atoms with Crippen molar-refractivity contribution in [1.29, 1.82) is 0 Å². The summed E-state index contributed by atoms with van der Waals surface area (Å²) < 4.78 is 2.03. The van der Waals surface area contributed by atoms with Gasteiger partial charge in [0.05, 0.1) is 5.69 Å². The lowest BCUT2D eigenvalue weighted by atomic mass is 10.1. The fraction of sp³-hybridized carbons (Fsp3) is 0.900. The summed E-state index contributed by atoms with van der Waals surface area (Å²) in [7, 11) is 0. The topological polar surface area (TPSA) is 56.7 Å². The Bertz CT molecular complexity index is 375. The zero-order valence-corrected chi connectivity index (χ0v) is 16.0. The van der Waals surface area contributed by atoms with Crippen LogP contribution < -0.4 is 5.73 Å². The van der Waals surface area contributed by atoms with E-state index in [1.165, 1.54) is 83.5 Å². The smallest absolute Gasteiger partial charge is 0.0827 e. The number of hydrogen-bond donors (Lipinski definition) is 1. The maximum atomic E-state index is 5.51. The Labute approximate surface area is 149 Å². The minimum Gasteiger partial charge on any atom is -0.330 e. The normalized spacial score (nSPS) is 11.2. The van der Waals surface area contributed by atoms with Gasteiger partial charge in [-0.2, -0.15) is 0 Å². The van der Waals surface area contributed by atoms with Crippen LogP contribution in [0.1, 0.15) is 103 Å². The Kier molecular flexibility index (Phi) is 13.8. The molecular formula is C20H40N4. The van der Waals surface area contributed by atoms with Crippen LogP contribution in [0.3, 0.4) is 0 Å². The van der Waals surface area contributed by atoms with E-state index in [2.05, 4.69) is 23.4 Å². The van der Waals surface area contributed by atoms with Crippen molar-refractivity contribution < 1.29 is 0 Å². The van der Waals surface area contributed by atoms with Gasteiger partial charge in [-0.25, -0.2) is 0 Å². The van der Waals surface area contributed by atoms with Crippen molar-refractivity contribution in [2.24, 2.45) is 5.73 Å². The fourth-order valence-corrected chi connectivity index (χ4v) is 3.13. The second kappa shape index (κ2) is 15.6. The van der Waals surface area contributed by atoms with Crippen LogP contribution in [0.2, 0.25) is 0 Å². The van der Waals surface area contributed by atoms with Crippen molar-refractivity contribution in [2.45, 2.75) is 110 Å². The minimum atomic E-state index is 0.815. The van der Waals surface area contributed by atoms with E-state index in [-0.39, 0.29) is 0 Å². The molecule has 0 radical (unpaired) electrons. The Morgan fingerprint density at radius 1 is 0.792 bits per heavy atom. The van der Waals surface area contributed by atoms with Gasteiger partial charge in [-0.05, 0) is 32.2 Å². The van der Waals surface area contributed by atoms with E-state index >= 15 is 0 Å². The number of nitrogens with zero attached hydrogens (tertiary/aromatic N) is 3. The number of aromatic nitrogens is 3. The third-order valence-electron chi connectivity index (χ3n) is 4.71. The van der Waals surface area contributed by atoms with Crippen LogP contribution >= 0.6 is 0 Å². The van der Waals surface area contributed by atoms with Crippen molar-refractivity contribution >= 4 is 0 Å². The Morgan fingerprint density at radius 3 is 2.04 bits per heavy atom. The molecule has 1 rings (SSSR count). The van der Waals surface area contributed by atoms with Crippen molar-refractivity contribution in [3.8, 4) is 0 Å². The summed E-state index contributed by atoms with van der Waals surface area (Å²) in [5.74, 6) is 0. The number of hydrogen-bond acceptors (Lipinski definition) is 3. The molecule has 1 aromatic rings. The van der Waals surface area contributed by atoms with Crippen LogP contribution in [-0.4, -0.2) is 21.5 Å². The summed E-state index contributed by atoms with van der Waals surface area (Å²) in [6.07, 6.45) is 21.8. The zero-order chi connectivity index (χ0) is 17.3. The summed E-state index contributed by atoms with van der Waals surface area (Å²) in [6.45, 7) is 4.12. The molecule has 0 saturated heterocycles. The molecular weight excluding hydrogens is 296 g/mol. The molecule has 0 saturated carbocycles. The number of rotatable bonds is 17. The molecule has 1 heterocycles. The largest absolute Gasteiger partial charge is 0.330 e. The van der Waals surface area contributed by atoms with Crippen LogP contribution in [0.4, 0.5) is 0 Å². The Hall–Kier alpha value is -0.900. The van der Waals surface area contributed by atoms with Gasteiger partial charge in [0.2, 0.25) is 0 Å². The highest BCUT2D eigenvalue weighted by Gasteiger charge is 2.01. The highest BCUT2D eigenvalue weighted by molar-refractivity contribution is 4.92. The lowest BCUT2D eigenvalue weighted by Crippen LogP contribution is -1.98. The van der Waals surface area contributed by atoms with E-state index in [4.69, 9.17) is 5.73 Å². The Morgan fingerprint density at radius 2 is 1.38 bits per heavy atom. The molecule has 4 nitrogen and oxygen atoms in total. The first-order valence-electron chi connectivity index (χ1n) is 10.5. The van der Waals surface area contributed by atoms with E-state index in [0.29, 0.717) is 0 Å². The first-order valence-corrected chi connectivity index (χ1v) is 10.5. The van der Waals surface area contributed by atoms with Crippen LogP contribution in [0.25, 0.3) is 0 Å². The van der Waals surface area contributed by atoms with E-state index in [9.17, 15) is 0 Å². The molecule has 0 aromatic carbocycles. The van der Waals surface area contributed by atoms with Crippen molar-refractivity contribution in [2.75, 3.05) is 6.54 Å². The zero-order valence-electron chi connectivity index (χ0n) is 16.0. The first kappa shape index (κ1) is 21.1. The molecule has 0 spiro atoms. The number of nitrogens with two attached hydrogens (primary N) is 1. The van der Waals surface area contributed by atoms with Crippen LogP contribution in [0.5, 0.6) is 0 Å². The lowest BCUT2D eigenvalue weighted by molar-refractivity contribution is 0.507. The molecule has 2 N–H and O–H groups in total. The summed E-state index contributed by atoms with van der Waals surface area (Å²) in [5.41, 5.74) is 6.66. The minimum absolute atomic E-state index is 0.815. The molecule has 24 heavy (non-hydrogen) atoms. The van der Waals surface area contributed by atoms with Gasteiger partial charge in [-0.3, -0.25) is 4.68 Å². The summed E-state index contributed by atoms with van der Waals surface area (Å²) in [5, 5.41) is 8.54. The van der Waals surface area contributed by atoms with Crippen molar-refractivity contribution in [3.63, 3.8) is 0 Å². The molecule has 0 unspecified atom stereocenters. The molecule has 0 bridgehead atoms. The molecule has 1 aromatic heterocycles. The average Bonchev–Trinajstić information content (AvgIpc) is 3.04. The molecule has 4 heteroatoms. The molecule has 0 aliphatic heterocycles. The lowest BCUT2D eigenvalue weighted by Gasteiger charge is -2.02. The van der Waals surface area contributed by atoms with E-state index in [1.807, 2.05) is 4.68 Å². The van der Waals surface area contributed by atoms with E-state index in [0.717, 1.165) is 31.6 Å². The van der Waals surface area contributed by atoms with Crippen molar-refractivity contribution in [3.05, 3.63) is 11.9 Å². The third-order valence-corrected chi connectivity index (χ3v) is 4.71. The summed E-state index contributed by atoms with van der Waals surface area (Å²) in [4.78, 5) is 0. The second-order valence-corrected chi connectivity index (χ2v) is 7.11. The molecule has 0 aliphatic rings. The van der Waals surface area contributed by atoms with E-state index < -0.39 is 0 Å². The first-order chi connectivity index (χ1) is 11.9. The van der Waals surface area contributed by atoms with Crippen molar-refractivity contribution in [1.82, 2.24) is 15.0 Å². The molecule has 0 amide bonds. The van der Waals surface area contributed by atoms with Crippen LogP contribution in [-0.2, 0) is 13.0 Å². The fourth-order valence-electron chi connectivity index (χ4n) is 3.13. The molecule has 0 fully saturated rings. The van der Waals surface area contributed by atoms with Gasteiger partial charge in [-0.1, -0.05) is 82.8 Å². The Balaban J connectivity index is 1.92. The molecule has 140 valence electrons. The average molecular weight is 337 g/mol. The van der Waals surface area contributed by atoms with Crippen LogP contribution in [0, 0.1) is 0 Å². The monoisotopic (exact) mass is 336 g/mol. The van der Waals surface area contributed by atoms with Gasteiger partial charge in [-0.15, -0.1) is 5.10 Å². The second-order valence-electron chi connectivity index (χ2n) is 7.11. The highest BCUT2D eigenvalue weighted by Crippen LogP contribution is 2.11. The maximum absolute atomic E-state index is 5.51. The quantitative estimate of drug-likeness (QED) is 0.395. The molecule has 0 atom stereocenters. The summed E-state index contributed by atoms with van der Waals surface area (Å²) in [6, 6.07) is 0. The third kappa shape index (κ3) is 11.6. The standard InChI is InChI=1S/C20H40N4/c1-2-3-4-5-6-7-8-9-12-15-18-24-19-20(22-23-24)16-13-10-11-14-17-21/h19H,2-18,21H2,1H3. The molecule has 0 aliphatic carbocycles. The maximum Gasteiger partial charge on any atom is 0.0827 e. The highest BCUT2D eigenvalue weighted by atomic mass is 15.4. The van der Waals surface area contributed by atoms with Crippen LogP contribution in [0.15, 0.2) is 6.20 Å². The van der Waals surface area contributed by atoms with E-state index in [1.54, 1.807) is 0 Å². The predicted molar refractivity (Wildman–Crippen MR) is 103 cm³/mol. The van der Waals surface area contributed by atoms with Gasteiger partial charge in [0.1, 0.15) is 0 Å². The van der Waals surface area contributed by atoms with Gasteiger partial charge in [0.15, 0.2) is 0 Å². The summed E-state index contributed by atoms with van der Waals surface area (Å²) >= 11 is 0. The number of unbranched alkanes of at least 4 members (excludes halogenated alkanes) is 12. The van der Waals surface area contributed by atoms with Gasteiger partial charge < -0.3 is 5.73 Å².